The molecular weight excluding hydrogens is 298 g/mol. The van der Waals surface area contributed by atoms with Crippen molar-refractivity contribution in [1.82, 2.24) is 5.32 Å². The molecule has 0 rings (SSSR count). The van der Waals surface area contributed by atoms with Gasteiger partial charge in [-0.3, -0.25) is 4.79 Å². The third-order valence-corrected chi connectivity index (χ3v) is 3.14. The van der Waals surface area contributed by atoms with Crippen LogP contribution in [0.2, 0.25) is 0 Å². The van der Waals surface area contributed by atoms with Gasteiger partial charge in [-0.2, -0.15) is 0 Å². The van der Waals surface area contributed by atoms with E-state index in [1.54, 1.807) is 7.05 Å². The van der Waals surface area contributed by atoms with Crippen molar-refractivity contribution in [1.29, 1.82) is 0 Å². The number of aliphatic hydroxyl groups is 1. The van der Waals surface area contributed by atoms with E-state index in [1.165, 1.54) is 6.92 Å². The summed E-state index contributed by atoms with van der Waals surface area (Å²) in [5.41, 5.74) is -0.484. The zero-order chi connectivity index (χ0) is 18.3. The lowest BCUT2D eigenvalue weighted by Gasteiger charge is -2.33. The molecule has 0 aromatic heterocycles. The highest BCUT2D eigenvalue weighted by molar-refractivity contribution is 5.86. The summed E-state index contributed by atoms with van der Waals surface area (Å²) in [5, 5.41) is 12.8. The number of hydrogen-bond donors (Lipinski definition) is 2. The van der Waals surface area contributed by atoms with Crippen LogP contribution in [0.3, 0.4) is 0 Å². The largest absolute Gasteiger partial charge is 0.462 e. The Balaban J connectivity index is 4.52. The lowest BCUT2D eigenvalue weighted by Crippen LogP contribution is -2.42. The molecule has 0 bridgehead atoms. The molecule has 0 spiro atoms. The maximum absolute atomic E-state index is 12.4. The lowest BCUT2D eigenvalue weighted by molar-refractivity contribution is -0.161. The van der Waals surface area contributed by atoms with Crippen LogP contribution in [-0.4, -0.2) is 50.0 Å². The van der Waals surface area contributed by atoms with Gasteiger partial charge in [0.25, 0.3) is 0 Å². The number of hydrogen-bond acceptors (Lipinski definition) is 6. The van der Waals surface area contributed by atoms with Gasteiger partial charge < -0.3 is 19.9 Å². The Morgan fingerprint density at radius 1 is 1.17 bits per heavy atom. The molecule has 0 radical (unpaired) electrons. The monoisotopic (exact) mass is 329 g/mol. The average Bonchev–Trinajstić information content (AvgIpc) is 2.39. The van der Waals surface area contributed by atoms with Crippen molar-refractivity contribution in [3.63, 3.8) is 0 Å². The number of nitrogens with one attached hydrogen (secondary N) is 1. The van der Waals surface area contributed by atoms with Crippen molar-refractivity contribution in [2.75, 3.05) is 26.8 Å². The summed E-state index contributed by atoms with van der Waals surface area (Å²) in [6.07, 6.45) is -0.420. The molecule has 0 aromatic rings. The maximum Gasteiger partial charge on any atom is 0.333 e. The van der Waals surface area contributed by atoms with E-state index in [0.717, 1.165) is 0 Å². The highest BCUT2D eigenvalue weighted by atomic mass is 16.6. The molecule has 0 saturated carbocycles. The van der Waals surface area contributed by atoms with E-state index < -0.39 is 17.5 Å². The minimum Gasteiger partial charge on any atom is -0.462 e. The molecule has 0 aliphatic rings. The molecule has 134 valence electrons. The van der Waals surface area contributed by atoms with Gasteiger partial charge in [0.1, 0.15) is 19.3 Å². The van der Waals surface area contributed by atoms with Gasteiger partial charge in [-0.15, -0.1) is 0 Å². The van der Waals surface area contributed by atoms with Gasteiger partial charge in [-0.05, 0) is 32.7 Å². The summed E-state index contributed by atoms with van der Waals surface area (Å²) in [4.78, 5) is 23.6. The molecule has 6 nitrogen and oxygen atoms in total. The van der Waals surface area contributed by atoms with Gasteiger partial charge in [0.15, 0.2) is 0 Å². The Labute approximate surface area is 139 Å². The molecule has 0 heterocycles. The van der Waals surface area contributed by atoms with E-state index in [2.05, 4.69) is 32.7 Å². The van der Waals surface area contributed by atoms with Gasteiger partial charge in [-0.25, -0.2) is 4.79 Å². The van der Waals surface area contributed by atoms with Crippen molar-refractivity contribution in [3.05, 3.63) is 12.2 Å². The molecule has 0 saturated heterocycles. The normalized spacial score (nSPS) is 15.4. The first kappa shape index (κ1) is 21.6. The zero-order valence-electron chi connectivity index (χ0n) is 15.2. The van der Waals surface area contributed by atoms with Crippen LogP contribution in [-0.2, 0) is 19.1 Å². The SMILES string of the molecule is C=C(C)C(=O)OCC(O)COC(=O)C(C)(CNC)CC(C)(C)C. The summed E-state index contributed by atoms with van der Waals surface area (Å²) in [5.74, 6) is -0.963. The zero-order valence-corrected chi connectivity index (χ0v) is 15.2. The van der Waals surface area contributed by atoms with Crippen LogP contribution in [0.4, 0.5) is 0 Å². The summed E-state index contributed by atoms with van der Waals surface area (Å²) in [6, 6.07) is 0. The molecule has 2 atom stereocenters. The number of carbonyl (C=O) groups is 2. The van der Waals surface area contributed by atoms with Crippen LogP contribution in [0.25, 0.3) is 0 Å². The van der Waals surface area contributed by atoms with Crippen molar-refractivity contribution >= 4 is 11.9 Å². The van der Waals surface area contributed by atoms with E-state index >= 15 is 0 Å². The van der Waals surface area contributed by atoms with Crippen molar-refractivity contribution < 1.29 is 24.2 Å². The second-order valence-corrected chi connectivity index (χ2v) is 7.46. The van der Waals surface area contributed by atoms with Crippen LogP contribution in [0.5, 0.6) is 0 Å². The number of ether oxygens (including phenoxy) is 2. The predicted octanol–water partition coefficient (Wildman–Crippen LogP) is 1.67. The first-order chi connectivity index (χ1) is 10.4. The predicted molar refractivity (Wildman–Crippen MR) is 88.8 cm³/mol. The molecule has 0 aromatic carbocycles. The van der Waals surface area contributed by atoms with Gasteiger partial charge >= 0.3 is 11.9 Å². The Bertz CT molecular complexity index is 427. The van der Waals surface area contributed by atoms with E-state index in [9.17, 15) is 14.7 Å². The van der Waals surface area contributed by atoms with Crippen molar-refractivity contribution in [2.24, 2.45) is 10.8 Å². The summed E-state index contributed by atoms with van der Waals surface area (Å²) >= 11 is 0. The van der Waals surface area contributed by atoms with Gasteiger partial charge in [0.05, 0.1) is 5.41 Å². The second kappa shape index (κ2) is 9.03. The van der Waals surface area contributed by atoms with Crippen molar-refractivity contribution in [3.8, 4) is 0 Å². The van der Waals surface area contributed by atoms with Crippen LogP contribution in [0.1, 0.15) is 41.0 Å². The number of aliphatic hydroxyl groups excluding tert-OH is 1. The Morgan fingerprint density at radius 3 is 2.13 bits per heavy atom. The molecule has 0 fully saturated rings. The van der Waals surface area contributed by atoms with Gasteiger partial charge in [0.2, 0.25) is 0 Å². The Hall–Kier alpha value is -1.40. The summed E-state index contributed by atoms with van der Waals surface area (Å²) < 4.78 is 10.0. The molecule has 0 amide bonds. The van der Waals surface area contributed by atoms with Gasteiger partial charge in [0, 0.05) is 12.1 Å². The van der Waals surface area contributed by atoms with Crippen LogP contribution in [0, 0.1) is 10.8 Å². The quantitative estimate of drug-likeness (QED) is 0.494. The maximum atomic E-state index is 12.4. The van der Waals surface area contributed by atoms with Crippen LogP contribution in [0.15, 0.2) is 12.2 Å². The summed E-state index contributed by atoms with van der Waals surface area (Å²) in [7, 11) is 1.78. The lowest BCUT2D eigenvalue weighted by atomic mass is 9.75. The fraction of sp³-hybridized carbons (Fsp3) is 0.765. The number of esters is 2. The third-order valence-electron chi connectivity index (χ3n) is 3.14. The van der Waals surface area contributed by atoms with Crippen LogP contribution >= 0.6 is 0 Å². The van der Waals surface area contributed by atoms with E-state index in [4.69, 9.17) is 9.47 Å². The summed E-state index contributed by atoms with van der Waals surface area (Å²) in [6.45, 7) is 13.0. The average molecular weight is 329 g/mol. The Morgan fingerprint density at radius 2 is 1.70 bits per heavy atom. The smallest absolute Gasteiger partial charge is 0.333 e. The van der Waals surface area contributed by atoms with Crippen LogP contribution < -0.4 is 5.32 Å². The van der Waals surface area contributed by atoms with Crippen molar-refractivity contribution in [2.45, 2.75) is 47.1 Å². The molecule has 2 unspecified atom stereocenters. The fourth-order valence-corrected chi connectivity index (χ4v) is 2.46. The standard InChI is InChI=1S/C17H31NO5/c1-12(2)14(20)22-8-13(19)9-23-15(21)17(6,11-18-7)10-16(3,4)5/h13,18-19H,1,8-11H2,2-7H3. The fourth-order valence-electron chi connectivity index (χ4n) is 2.46. The topological polar surface area (TPSA) is 84.9 Å². The highest BCUT2D eigenvalue weighted by Crippen LogP contribution is 2.34. The van der Waals surface area contributed by atoms with E-state index in [0.29, 0.717) is 13.0 Å². The molecule has 0 aliphatic carbocycles. The third kappa shape index (κ3) is 8.71. The molecule has 0 aliphatic heterocycles. The number of carbonyl (C=O) groups excluding carboxylic acids is 2. The van der Waals surface area contributed by atoms with Gasteiger partial charge in [-0.1, -0.05) is 27.4 Å². The second-order valence-electron chi connectivity index (χ2n) is 7.46. The molecular formula is C17H31NO5. The number of rotatable bonds is 9. The molecule has 6 heteroatoms. The first-order valence-electron chi connectivity index (χ1n) is 7.74. The minimum atomic E-state index is -1.06. The molecule has 23 heavy (non-hydrogen) atoms. The van der Waals surface area contributed by atoms with E-state index in [-0.39, 0.29) is 30.2 Å². The molecule has 2 N–H and O–H groups in total. The highest BCUT2D eigenvalue weighted by Gasteiger charge is 2.38. The van der Waals surface area contributed by atoms with E-state index in [1.807, 2.05) is 6.92 Å². The first-order valence-corrected chi connectivity index (χ1v) is 7.74. The minimum absolute atomic E-state index is 0.0414. The Kier molecular flexibility index (Phi) is 8.48.